The minimum absolute atomic E-state index is 0.0244. The van der Waals surface area contributed by atoms with Gasteiger partial charge in [0.15, 0.2) is 5.78 Å². The van der Waals surface area contributed by atoms with Crippen LogP contribution in [0, 0.1) is 16.6 Å². The molecular formula is C17H20FNOS. The molecule has 2 nitrogen and oxygen atoms in total. The molecule has 1 aromatic carbocycles. The summed E-state index contributed by atoms with van der Waals surface area (Å²) in [7, 11) is 0. The van der Waals surface area contributed by atoms with Crippen LogP contribution in [0.15, 0.2) is 23.6 Å². The first-order valence-corrected chi connectivity index (χ1v) is 8.10. The monoisotopic (exact) mass is 305 g/mol. The lowest BCUT2D eigenvalue weighted by Crippen LogP contribution is -2.28. The number of fused-ring (bicyclic) bond motifs is 1. The number of halogens is 1. The van der Waals surface area contributed by atoms with Gasteiger partial charge in [0, 0.05) is 26.4 Å². The van der Waals surface area contributed by atoms with Crippen LogP contribution in [0.3, 0.4) is 0 Å². The highest BCUT2D eigenvalue weighted by molar-refractivity contribution is 7.17. The Morgan fingerprint density at radius 2 is 2.24 bits per heavy atom. The predicted molar refractivity (Wildman–Crippen MR) is 87.1 cm³/mol. The summed E-state index contributed by atoms with van der Waals surface area (Å²) in [6.07, 6.45) is 4.46. The van der Waals surface area contributed by atoms with Crippen LogP contribution in [0.4, 0.5) is 4.39 Å². The van der Waals surface area contributed by atoms with Gasteiger partial charge in [0.2, 0.25) is 0 Å². The molecule has 1 aromatic heterocycles. The molecule has 0 aliphatic heterocycles. The van der Waals surface area contributed by atoms with E-state index < -0.39 is 5.41 Å². The fourth-order valence-corrected chi connectivity index (χ4v) is 3.52. The fourth-order valence-electron chi connectivity index (χ4n) is 2.60. The van der Waals surface area contributed by atoms with Crippen LogP contribution < -0.4 is 0 Å². The summed E-state index contributed by atoms with van der Waals surface area (Å²) in [6.45, 7) is 4.00. The van der Waals surface area contributed by atoms with Crippen molar-refractivity contribution in [2.75, 3.05) is 0 Å². The van der Waals surface area contributed by atoms with Gasteiger partial charge in [0.1, 0.15) is 5.82 Å². The molecule has 0 saturated carbocycles. The molecule has 0 amide bonds. The topological polar surface area (TPSA) is 40.9 Å². The molecule has 1 N–H and O–H groups in total. The summed E-state index contributed by atoms with van der Waals surface area (Å²) in [5.41, 5.74) is 0.0212. The molecule has 2 aromatic rings. The molecule has 1 atom stereocenters. The van der Waals surface area contributed by atoms with E-state index in [2.05, 4.69) is 6.92 Å². The Bertz CT molecular complexity index is 664. The highest BCUT2D eigenvalue weighted by Crippen LogP contribution is 2.36. The van der Waals surface area contributed by atoms with E-state index in [0.717, 1.165) is 24.0 Å². The van der Waals surface area contributed by atoms with Crippen LogP contribution in [0.1, 0.15) is 49.9 Å². The van der Waals surface area contributed by atoms with Gasteiger partial charge in [-0.15, -0.1) is 11.3 Å². The molecule has 0 radical (unpaired) electrons. The average Bonchev–Trinajstić information content (AvgIpc) is 2.87. The van der Waals surface area contributed by atoms with E-state index in [1.54, 1.807) is 6.07 Å². The summed E-state index contributed by atoms with van der Waals surface area (Å²) >= 11 is 1.46. The van der Waals surface area contributed by atoms with Gasteiger partial charge in [-0.2, -0.15) is 0 Å². The molecule has 112 valence electrons. The van der Waals surface area contributed by atoms with E-state index >= 15 is 0 Å². The van der Waals surface area contributed by atoms with Crippen molar-refractivity contribution in [1.29, 1.82) is 5.41 Å². The molecule has 0 spiro atoms. The van der Waals surface area contributed by atoms with Crippen molar-refractivity contribution in [3.8, 4) is 0 Å². The summed E-state index contributed by atoms with van der Waals surface area (Å²) < 4.78 is 14.4. The Hall–Kier alpha value is -1.55. The summed E-state index contributed by atoms with van der Waals surface area (Å²) in [5.74, 6) is -0.298. The van der Waals surface area contributed by atoms with Crippen LogP contribution >= 0.6 is 11.3 Å². The lowest BCUT2D eigenvalue weighted by atomic mass is 9.76. The number of nitrogens with one attached hydrogen (secondary N) is 1. The first-order chi connectivity index (χ1) is 10.0. The minimum Gasteiger partial charge on any atom is -0.313 e. The van der Waals surface area contributed by atoms with Gasteiger partial charge in [-0.3, -0.25) is 4.79 Å². The standard InChI is InChI=1S/C17H20FNOS/c1-3-4-7-17(2,8-9-19)16(20)14-11-21-15-6-5-12(18)10-13(14)15/h5-6,9-11,19H,3-4,7-8H2,1-2H3. The van der Waals surface area contributed by atoms with E-state index in [1.165, 1.54) is 29.7 Å². The first-order valence-electron chi connectivity index (χ1n) is 7.22. The third-order valence-electron chi connectivity index (χ3n) is 3.96. The average molecular weight is 305 g/mol. The number of hydrogen-bond acceptors (Lipinski definition) is 3. The van der Waals surface area contributed by atoms with Gasteiger partial charge in [0.25, 0.3) is 0 Å². The van der Waals surface area contributed by atoms with Crippen molar-refractivity contribution in [2.24, 2.45) is 5.41 Å². The van der Waals surface area contributed by atoms with Crippen molar-refractivity contribution in [2.45, 2.75) is 39.5 Å². The maximum atomic E-state index is 13.5. The number of Topliss-reactive ketones (excluding diaryl/α,β-unsaturated/α-hetero) is 1. The Morgan fingerprint density at radius 3 is 2.90 bits per heavy atom. The Kier molecular flexibility index (Phi) is 4.88. The quantitative estimate of drug-likeness (QED) is 0.535. The molecule has 21 heavy (non-hydrogen) atoms. The highest BCUT2D eigenvalue weighted by Gasteiger charge is 2.33. The van der Waals surface area contributed by atoms with Gasteiger partial charge < -0.3 is 5.41 Å². The maximum Gasteiger partial charge on any atom is 0.170 e. The highest BCUT2D eigenvalue weighted by atomic mass is 32.1. The SMILES string of the molecule is CCCCC(C)(CC=N)C(=O)c1csc2ccc(F)cc12. The van der Waals surface area contributed by atoms with E-state index in [9.17, 15) is 9.18 Å². The Morgan fingerprint density at radius 1 is 1.48 bits per heavy atom. The number of thiophene rings is 1. The number of carbonyl (C=O) groups is 1. The van der Waals surface area contributed by atoms with Crippen molar-refractivity contribution in [3.05, 3.63) is 35.0 Å². The van der Waals surface area contributed by atoms with Gasteiger partial charge in [0.05, 0.1) is 0 Å². The van der Waals surface area contributed by atoms with Gasteiger partial charge in [-0.1, -0.05) is 26.7 Å². The number of unbranched alkanes of at least 4 members (excludes halogenated alkanes) is 1. The molecule has 2 rings (SSSR count). The van der Waals surface area contributed by atoms with Crippen LogP contribution in [-0.2, 0) is 0 Å². The van der Waals surface area contributed by atoms with Crippen LogP contribution in [0.25, 0.3) is 10.1 Å². The van der Waals surface area contributed by atoms with Crippen molar-refractivity contribution < 1.29 is 9.18 Å². The third kappa shape index (κ3) is 3.21. The second kappa shape index (κ2) is 6.48. The Balaban J connectivity index is 2.43. The van der Waals surface area contributed by atoms with Crippen molar-refractivity contribution >= 4 is 33.4 Å². The molecule has 1 unspecified atom stereocenters. The molecule has 0 aliphatic rings. The lowest BCUT2D eigenvalue weighted by molar-refractivity contribution is 0.0811. The predicted octanol–water partition coefficient (Wildman–Crippen LogP) is 5.46. The van der Waals surface area contributed by atoms with Crippen molar-refractivity contribution in [1.82, 2.24) is 0 Å². The van der Waals surface area contributed by atoms with E-state index in [0.29, 0.717) is 17.4 Å². The Labute approximate surface area is 128 Å². The van der Waals surface area contributed by atoms with Gasteiger partial charge in [-0.05, 0) is 37.3 Å². The number of hydrogen-bond donors (Lipinski definition) is 1. The molecule has 4 heteroatoms. The number of rotatable bonds is 7. The second-order valence-electron chi connectivity index (χ2n) is 5.69. The maximum absolute atomic E-state index is 13.5. The number of ketones is 1. The second-order valence-corrected chi connectivity index (χ2v) is 6.60. The zero-order chi connectivity index (χ0) is 15.5. The zero-order valence-corrected chi connectivity index (χ0v) is 13.2. The molecule has 0 fully saturated rings. The van der Waals surface area contributed by atoms with E-state index in [4.69, 9.17) is 5.41 Å². The largest absolute Gasteiger partial charge is 0.313 e. The molecule has 0 bridgehead atoms. The van der Waals surface area contributed by atoms with Gasteiger partial charge >= 0.3 is 0 Å². The van der Waals surface area contributed by atoms with E-state index in [1.807, 2.05) is 12.3 Å². The zero-order valence-electron chi connectivity index (χ0n) is 12.4. The number of benzene rings is 1. The smallest absolute Gasteiger partial charge is 0.170 e. The molecule has 0 aliphatic carbocycles. The first kappa shape index (κ1) is 15.8. The van der Waals surface area contributed by atoms with Crippen LogP contribution in [0.2, 0.25) is 0 Å². The third-order valence-corrected chi connectivity index (χ3v) is 4.93. The fraction of sp³-hybridized carbons (Fsp3) is 0.412. The summed E-state index contributed by atoms with van der Waals surface area (Å²) in [6, 6.07) is 4.57. The van der Waals surface area contributed by atoms with Crippen LogP contribution in [0.5, 0.6) is 0 Å². The van der Waals surface area contributed by atoms with Crippen molar-refractivity contribution in [3.63, 3.8) is 0 Å². The summed E-state index contributed by atoms with van der Waals surface area (Å²) in [5, 5.41) is 9.89. The molecule has 1 heterocycles. The molecule has 0 saturated heterocycles. The van der Waals surface area contributed by atoms with Gasteiger partial charge in [-0.25, -0.2) is 4.39 Å². The number of carbonyl (C=O) groups excluding carboxylic acids is 1. The van der Waals surface area contributed by atoms with E-state index in [-0.39, 0.29) is 11.6 Å². The van der Waals surface area contributed by atoms with Crippen LogP contribution in [-0.4, -0.2) is 12.0 Å². The molecular weight excluding hydrogens is 285 g/mol. The normalized spacial score (nSPS) is 14.0. The lowest BCUT2D eigenvalue weighted by Gasteiger charge is -2.26. The minimum atomic E-state index is -0.571. The summed E-state index contributed by atoms with van der Waals surface area (Å²) in [4.78, 5) is 12.9.